The van der Waals surface area contributed by atoms with Gasteiger partial charge in [-0.1, -0.05) is 73.5 Å². The van der Waals surface area contributed by atoms with Crippen molar-refractivity contribution >= 4 is 5.97 Å². The maximum absolute atomic E-state index is 10.9. The fourth-order valence-corrected chi connectivity index (χ4v) is 4.06. The summed E-state index contributed by atoms with van der Waals surface area (Å²) in [6.07, 6.45) is 5.53. The van der Waals surface area contributed by atoms with Gasteiger partial charge in [0, 0.05) is 12.0 Å². The molecule has 3 aromatic rings. The predicted molar refractivity (Wildman–Crippen MR) is 135 cm³/mol. The highest BCUT2D eigenvalue weighted by Gasteiger charge is 2.24. The zero-order valence-electron chi connectivity index (χ0n) is 20.5. The van der Waals surface area contributed by atoms with Crippen molar-refractivity contribution in [2.45, 2.75) is 77.8 Å². The predicted octanol–water partition coefficient (Wildman–Crippen LogP) is 6.19. The monoisotopic (exact) mass is 463 g/mol. The Morgan fingerprint density at radius 3 is 2.35 bits per heavy atom. The summed E-state index contributed by atoms with van der Waals surface area (Å²) in [5.74, 6) is 0.211. The number of carbonyl (C=O) groups is 1. The maximum atomic E-state index is 10.9. The second-order valence-electron chi connectivity index (χ2n) is 9.70. The Morgan fingerprint density at radius 2 is 1.71 bits per heavy atom. The zero-order chi connectivity index (χ0) is 24.4. The molecule has 1 atom stereocenters. The summed E-state index contributed by atoms with van der Waals surface area (Å²) < 4.78 is 8.31. The number of hydrogen-bond acceptors (Lipinski definition) is 4. The molecule has 0 unspecified atom stereocenters. The third-order valence-electron chi connectivity index (χ3n) is 5.59. The van der Waals surface area contributed by atoms with Gasteiger partial charge in [0.2, 0.25) is 0 Å². The molecule has 6 heteroatoms. The van der Waals surface area contributed by atoms with Crippen LogP contribution in [-0.2, 0) is 22.9 Å². The minimum atomic E-state index is -0.733. The minimum absolute atomic E-state index is 0.0302. The average molecular weight is 464 g/mol. The van der Waals surface area contributed by atoms with Crippen LogP contribution in [0.1, 0.15) is 70.3 Å². The van der Waals surface area contributed by atoms with Crippen LogP contribution in [0.3, 0.4) is 0 Å². The van der Waals surface area contributed by atoms with Gasteiger partial charge in [-0.2, -0.15) is 0 Å². The molecule has 0 aliphatic heterocycles. The number of carboxylic acid groups (broad SMARTS) is 1. The van der Waals surface area contributed by atoms with E-state index in [1.165, 1.54) is 0 Å². The normalized spacial score (nSPS) is 12.6. The van der Waals surface area contributed by atoms with Crippen LogP contribution in [0.4, 0.5) is 0 Å². The van der Waals surface area contributed by atoms with Gasteiger partial charge in [-0.15, -0.1) is 0 Å². The topological polar surface area (TPSA) is 76.4 Å². The quantitative estimate of drug-likeness (QED) is 0.296. The number of benzene rings is 2. The molecule has 0 saturated heterocycles. The number of aromatic nitrogens is 2. The Bertz CT molecular complexity index is 1010. The standard InChI is InChI=1S/C28H37N3O3/c1-28(2,3)30-24(17-11-6-12-18-26(32)33)27-29-19-25(23-15-9-5-10-16-23)31(27)21-34-20-22-13-7-4-8-14-22/h4-5,7-10,13-16,19,24,30H,6,11-12,17-18,20-21H2,1-3H3,(H,32,33)/t24-/m0/s1. The molecule has 34 heavy (non-hydrogen) atoms. The summed E-state index contributed by atoms with van der Waals surface area (Å²) in [5, 5.41) is 12.7. The van der Waals surface area contributed by atoms with Crippen molar-refractivity contribution < 1.29 is 14.6 Å². The second-order valence-corrected chi connectivity index (χ2v) is 9.70. The van der Waals surface area contributed by atoms with E-state index in [-0.39, 0.29) is 18.0 Å². The smallest absolute Gasteiger partial charge is 0.303 e. The number of imidazole rings is 1. The van der Waals surface area contributed by atoms with Gasteiger partial charge in [0.1, 0.15) is 12.6 Å². The van der Waals surface area contributed by atoms with Crippen LogP contribution in [0.2, 0.25) is 0 Å². The molecule has 0 radical (unpaired) electrons. The van der Waals surface area contributed by atoms with E-state index in [1.807, 2.05) is 42.6 Å². The van der Waals surface area contributed by atoms with Crippen molar-refractivity contribution in [1.29, 1.82) is 0 Å². The molecular formula is C28H37N3O3. The van der Waals surface area contributed by atoms with Crippen molar-refractivity contribution in [3.63, 3.8) is 0 Å². The summed E-state index contributed by atoms with van der Waals surface area (Å²) in [5.41, 5.74) is 3.16. The van der Waals surface area contributed by atoms with Gasteiger partial charge in [-0.3, -0.25) is 4.79 Å². The summed E-state index contributed by atoms with van der Waals surface area (Å²) in [4.78, 5) is 15.7. The van der Waals surface area contributed by atoms with E-state index >= 15 is 0 Å². The highest BCUT2D eigenvalue weighted by molar-refractivity contribution is 5.66. The first kappa shape index (κ1) is 25.7. The molecule has 3 rings (SSSR count). The van der Waals surface area contributed by atoms with E-state index in [1.54, 1.807) is 0 Å². The van der Waals surface area contributed by atoms with E-state index in [0.717, 1.165) is 41.9 Å². The van der Waals surface area contributed by atoms with E-state index in [9.17, 15) is 4.79 Å². The Balaban J connectivity index is 1.82. The number of nitrogens with zero attached hydrogens (tertiary/aromatic N) is 2. The first-order valence-corrected chi connectivity index (χ1v) is 12.1. The number of aliphatic carboxylic acids is 1. The van der Waals surface area contributed by atoms with Crippen LogP contribution in [0, 0.1) is 0 Å². The summed E-state index contributed by atoms with van der Waals surface area (Å²) in [7, 11) is 0. The average Bonchev–Trinajstić information content (AvgIpc) is 3.22. The number of hydrogen-bond donors (Lipinski definition) is 2. The SMILES string of the molecule is CC(C)(C)N[C@@H](CCCCCC(=O)O)c1ncc(-c2ccccc2)n1COCc1ccccc1. The number of rotatable bonds is 13. The molecule has 1 aromatic heterocycles. The second kappa shape index (κ2) is 12.5. The number of carboxylic acids is 1. The van der Waals surface area contributed by atoms with Crippen LogP contribution < -0.4 is 5.32 Å². The molecular weight excluding hydrogens is 426 g/mol. The van der Waals surface area contributed by atoms with Gasteiger partial charge >= 0.3 is 5.97 Å². The largest absolute Gasteiger partial charge is 0.481 e. The molecule has 0 aliphatic carbocycles. The van der Waals surface area contributed by atoms with E-state index < -0.39 is 5.97 Å². The van der Waals surface area contributed by atoms with Gasteiger partial charge in [-0.25, -0.2) is 4.98 Å². The van der Waals surface area contributed by atoms with Crippen molar-refractivity contribution in [1.82, 2.24) is 14.9 Å². The van der Waals surface area contributed by atoms with Crippen LogP contribution in [0.5, 0.6) is 0 Å². The van der Waals surface area contributed by atoms with E-state index in [0.29, 0.717) is 19.8 Å². The van der Waals surface area contributed by atoms with Gasteiger partial charge in [0.15, 0.2) is 0 Å². The number of ether oxygens (including phenoxy) is 1. The summed E-state index contributed by atoms with van der Waals surface area (Å²) in [6.45, 7) is 7.39. The Labute approximate surface area is 203 Å². The van der Waals surface area contributed by atoms with Gasteiger partial charge in [0.05, 0.1) is 24.5 Å². The fourth-order valence-electron chi connectivity index (χ4n) is 4.06. The van der Waals surface area contributed by atoms with Crippen molar-refractivity contribution in [2.75, 3.05) is 0 Å². The molecule has 182 valence electrons. The third kappa shape index (κ3) is 8.12. The molecule has 0 amide bonds. The lowest BCUT2D eigenvalue weighted by atomic mass is 10.0. The Kier molecular flexibility index (Phi) is 9.42. The first-order valence-electron chi connectivity index (χ1n) is 12.1. The number of unbranched alkanes of at least 4 members (excludes halogenated alkanes) is 2. The van der Waals surface area contributed by atoms with Crippen LogP contribution >= 0.6 is 0 Å². The Hall–Kier alpha value is -2.96. The summed E-state index contributed by atoms with van der Waals surface area (Å²) in [6, 6.07) is 20.5. The van der Waals surface area contributed by atoms with Crippen molar-refractivity contribution in [2.24, 2.45) is 0 Å². The molecule has 2 N–H and O–H groups in total. The molecule has 0 spiro atoms. The first-order chi connectivity index (χ1) is 16.3. The van der Waals surface area contributed by atoms with E-state index in [4.69, 9.17) is 14.8 Å². The highest BCUT2D eigenvalue weighted by Crippen LogP contribution is 2.28. The zero-order valence-corrected chi connectivity index (χ0v) is 20.5. The van der Waals surface area contributed by atoms with Crippen LogP contribution in [0.15, 0.2) is 66.9 Å². The molecule has 0 aliphatic rings. The molecule has 6 nitrogen and oxygen atoms in total. The lowest BCUT2D eigenvalue weighted by Crippen LogP contribution is -2.40. The molecule has 2 aromatic carbocycles. The number of nitrogens with one attached hydrogen (secondary N) is 1. The highest BCUT2D eigenvalue weighted by atomic mass is 16.5. The molecule has 0 saturated carbocycles. The van der Waals surface area contributed by atoms with Gasteiger partial charge in [-0.05, 0) is 44.7 Å². The summed E-state index contributed by atoms with van der Waals surface area (Å²) >= 11 is 0. The Morgan fingerprint density at radius 1 is 1.03 bits per heavy atom. The molecule has 1 heterocycles. The molecule has 0 fully saturated rings. The van der Waals surface area contributed by atoms with Gasteiger partial charge in [0.25, 0.3) is 0 Å². The molecule has 0 bridgehead atoms. The third-order valence-corrected chi connectivity index (χ3v) is 5.59. The van der Waals surface area contributed by atoms with Gasteiger partial charge < -0.3 is 19.7 Å². The lowest BCUT2D eigenvalue weighted by Gasteiger charge is -2.29. The minimum Gasteiger partial charge on any atom is -0.481 e. The lowest BCUT2D eigenvalue weighted by molar-refractivity contribution is -0.137. The maximum Gasteiger partial charge on any atom is 0.303 e. The van der Waals surface area contributed by atoms with Crippen LogP contribution in [-0.4, -0.2) is 26.2 Å². The van der Waals surface area contributed by atoms with Crippen LogP contribution in [0.25, 0.3) is 11.3 Å². The van der Waals surface area contributed by atoms with Crippen molar-refractivity contribution in [3.05, 3.63) is 78.2 Å². The van der Waals surface area contributed by atoms with Crippen molar-refractivity contribution in [3.8, 4) is 11.3 Å². The van der Waals surface area contributed by atoms with E-state index in [2.05, 4.69) is 54.9 Å². The fraction of sp³-hybridized carbons (Fsp3) is 0.429.